The van der Waals surface area contributed by atoms with Crippen LogP contribution in [-0.2, 0) is 14.0 Å². The molecule has 3 aromatic rings. The van der Waals surface area contributed by atoms with Crippen LogP contribution >= 0.6 is 11.6 Å². The molecule has 1 fully saturated rings. The lowest BCUT2D eigenvalue weighted by atomic mass is 9.78. The van der Waals surface area contributed by atoms with Crippen LogP contribution in [0.4, 0.5) is 0 Å². The maximum absolute atomic E-state index is 13.0. The normalized spacial score (nSPS) is 17.4. The highest BCUT2D eigenvalue weighted by atomic mass is 35.5. The largest absolute Gasteiger partial charge is 0.494 e. The van der Waals surface area contributed by atoms with E-state index in [2.05, 4.69) is 0 Å². The number of alkyl halides is 1. The van der Waals surface area contributed by atoms with Crippen LogP contribution in [0.15, 0.2) is 48.5 Å². The Morgan fingerprint density at radius 1 is 1.08 bits per heavy atom. The summed E-state index contributed by atoms with van der Waals surface area (Å²) in [4.78, 5) is 13.0. The average molecular weight is 512 g/mol. The molecule has 1 unspecified atom stereocenters. The van der Waals surface area contributed by atoms with E-state index >= 15 is 0 Å². The Balaban J connectivity index is 1.75. The number of esters is 1. The molecule has 1 atom stereocenters. The zero-order valence-corrected chi connectivity index (χ0v) is 22.7. The number of carbonyl (C=O) groups is 1. The fraction of sp³-hybridized carbons (Fsp3) is 0.464. The number of rotatable bonds is 9. The van der Waals surface area contributed by atoms with Gasteiger partial charge in [-0.3, -0.25) is 4.57 Å². The highest BCUT2D eigenvalue weighted by Gasteiger charge is 2.51. The van der Waals surface area contributed by atoms with Gasteiger partial charge in [-0.05, 0) is 84.1 Å². The molecule has 1 aromatic heterocycles. The van der Waals surface area contributed by atoms with Gasteiger partial charge in [-0.2, -0.15) is 0 Å². The molecule has 0 amide bonds. The summed E-state index contributed by atoms with van der Waals surface area (Å²) in [5.74, 6) is 0.300. The van der Waals surface area contributed by atoms with Gasteiger partial charge in [-0.25, -0.2) is 4.79 Å². The van der Waals surface area contributed by atoms with Gasteiger partial charge in [0.05, 0.1) is 35.6 Å². The van der Waals surface area contributed by atoms with Crippen molar-refractivity contribution in [2.24, 2.45) is 0 Å². The second-order valence-corrected chi connectivity index (χ2v) is 11.0. The molecule has 0 saturated carbocycles. The number of nitrogens with zero attached hydrogens (tertiary/aromatic N) is 1. The molecule has 0 bridgehead atoms. The molecule has 0 aliphatic carbocycles. The van der Waals surface area contributed by atoms with Crippen LogP contribution in [0.1, 0.15) is 64.9 Å². The van der Waals surface area contributed by atoms with Crippen molar-refractivity contribution in [2.45, 2.75) is 71.0 Å². The average Bonchev–Trinajstić information content (AvgIpc) is 3.30. The van der Waals surface area contributed by atoms with Gasteiger partial charge in [0.1, 0.15) is 11.4 Å². The summed E-state index contributed by atoms with van der Waals surface area (Å²) < 4.78 is 25.9. The number of aromatic nitrogens is 1. The quantitative estimate of drug-likeness (QED) is 0.155. The smallest absolute Gasteiger partial charge is 0.491 e. The second kappa shape index (κ2) is 10.5. The highest BCUT2D eigenvalue weighted by molar-refractivity contribution is 6.62. The number of carbonyl (C=O) groups excluding carboxylic acids is 1. The minimum Gasteiger partial charge on any atom is -0.491 e. The first kappa shape index (κ1) is 26.6. The number of hydrogen-bond donors (Lipinski definition) is 0. The van der Waals surface area contributed by atoms with Crippen LogP contribution in [0.3, 0.4) is 0 Å². The SMILES string of the molecule is CCOC(=O)c1cc2cc(B3OC(C)(C)C(C)(C)O3)ccc2n1-c1ccccc1OCCCC(C)Cl. The Labute approximate surface area is 219 Å². The van der Waals surface area contributed by atoms with Crippen LogP contribution in [0, 0.1) is 0 Å². The maximum atomic E-state index is 13.0. The van der Waals surface area contributed by atoms with Crippen molar-refractivity contribution < 1.29 is 23.6 Å². The van der Waals surface area contributed by atoms with E-state index < -0.39 is 24.3 Å². The lowest BCUT2D eigenvalue weighted by Gasteiger charge is -2.32. The van der Waals surface area contributed by atoms with Crippen molar-refractivity contribution >= 4 is 41.1 Å². The first-order chi connectivity index (χ1) is 17.0. The fourth-order valence-corrected chi connectivity index (χ4v) is 4.44. The van der Waals surface area contributed by atoms with E-state index in [0.717, 1.165) is 34.9 Å². The Kier molecular flexibility index (Phi) is 7.74. The van der Waals surface area contributed by atoms with E-state index in [4.69, 9.17) is 30.4 Å². The topological polar surface area (TPSA) is 58.9 Å². The number of fused-ring (bicyclic) bond motifs is 1. The van der Waals surface area contributed by atoms with Crippen molar-refractivity contribution in [2.75, 3.05) is 13.2 Å². The molecule has 1 saturated heterocycles. The Morgan fingerprint density at radius 3 is 2.44 bits per heavy atom. The maximum Gasteiger partial charge on any atom is 0.494 e. The monoisotopic (exact) mass is 511 g/mol. The summed E-state index contributed by atoms with van der Waals surface area (Å²) in [6, 6.07) is 15.6. The molecule has 8 heteroatoms. The number of benzene rings is 2. The number of hydrogen-bond acceptors (Lipinski definition) is 5. The fourth-order valence-electron chi connectivity index (χ4n) is 4.29. The molecule has 6 nitrogen and oxygen atoms in total. The molecule has 1 aliphatic heterocycles. The number of para-hydroxylation sites is 2. The van der Waals surface area contributed by atoms with E-state index in [-0.39, 0.29) is 12.0 Å². The molecule has 36 heavy (non-hydrogen) atoms. The molecular formula is C28H35BClNO5. The van der Waals surface area contributed by atoms with Crippen molar-refractivity contribution in [3.63, 3.8) is 0 Å². The molecule has 2 heterocycles. The summed E-state index contributed by atoms with van der Waals surface area (Å²) in [5.41, 5.74) is 2.09. The first-order valence-electron chi connectivity index (χ1n) is 12.6. The van der Waals surface area contributed by atoms with E-state index in [1.165, 1.54) is 0 Å². The molecular weight excluding hydrogens is 477 g/mol. The third-order valence-electron chi connectivity index (χ3n) is 6.95. The number of halogens is 1. The standard InChI is InChI=1S/C28H35BClNO5/c1-7-33-26(32)24-18-20-17-21(29-35-27(3,4)28(5,6)36-29)14-15-22(20)31(24)23-12-8-9-13-25(23)34-16-10-11-19(2)30/h8-9,12-15,17-19H,7,10-11,16H2,1-6H3. The van der Waals surface area contributed by atoms with Gasteiger partial charge in [0.2, 0.25) is 0 Å². The van der Waals surface area contributed by atoms with Gasteiger partial charge in [-0.1, -0.05) is 24.3 Å². The van der Waals surface area contributed by atoms with Crippen molar-refractivity contribution in [3.05, 3.63) is 54.2 Å². The summed E-state index contributed by atoms with van der Waals surface area (Å²) in [6.07, 6.45) is 1.71. The Hall–Kier alpha value is -2.48. The highest BCUT2D eigenvalue weighted by Crippen LogP contribution is 2.37. The molecule has 192 valence electrons. The summed E-state index contributed by atoms with van der Waals surface area (Å²) in [5, 5.41) is 0.988. The zero-order chi connectivity index (χ0) is 26.1. The van der Waals surface area contributed by atoms with Gasteiger partial charge in [0.15, 0.2) is 0 Å². The predicted octanol–water partition coefficient (Wildman–Crippen LogP) is 5.89. The Bertz CT molecular complexity index is 1220. The van der Waals surface area contributed by atoms with Crippen LogP contribution in [0.5, 0.6) is 5.75 Å². The van der Waals surface area contributed by atoms with Crippen LogP contribution in [-0.4, -0.2) is 47.4 Å². The van der Waals surface area contributed by atoms with Crippen molar-refractivity contribution in [1.29, 1.82) is 0 Å². The molecule has 0 spiro atoms. The number of ether oxygens (including phenoxy) is 2. The zero-order valence-electron chi connectivity index (χ0n) is 22.0. The van der Waals surface area contributed by atoms with Gasteiger partial charge < -0.3 is 18.8 Å². The van der Waals surface area contributed by atoms with Gasteiger partial charge in [0, 0.05) is 10.8 Å². The van der Waals surface area contributed by atoms with Crippen molar-refractivity contribution in [3.8, 4) is 11.4 Å². The second-order valence-electron chi connectivity index (χ2n) is 10.2. The van der Waals surface area contributed by atoms with Crippen LogP contribution in [0.25, 0.3) is 16.6 Å². The molecule has 2 aromatic carbocycles. The van der Waals surface area contributed by atoms with E-state index in [0.29, 0.717) is 18.1 Å². The van der Waals surface area contributed by atoms with Crippen LogP contribution in [0.2, 0.25) is 0 Å². The predicted molar refractivity (Wildman–Crippen MR) is 145 cm³/mol. The Morgan fingerprint density at radius 2 is 1.78 bits per heavy atom. The van der Waals surface area contributed by atoms with E-state index in [9.17, 15) is 4.79 Å². The van der Waals surface area contributed by atoms with E-state index in [1.54, 1.807) is 6.92 Å². The van der Waals surface area contributed by atoms with Crippen LogP contribution < -0.4 is 10.2 Å². The third kappa shape index (κ3) is 5.29. The third-order valence-corrected chi connectivity index (χ3v) is 7.16. The summed E-state index contributed by atoms with van der Waals surface area (Å²) >= 11 is 6.08. The van der Waals surface area contributed by atoms with Gasteiger partial charge >= 0.3 is 13.1 Å². The summed E-state index contributed by atoms with van der Waals surface area (Å²) in [7, 11) is -0.492. The van der Waals surface area contributed by atoms with Crippen molar-refractivity contribution in [1.82, 2.24) is 4.57 Å². The van der Waals surface area contributed by atoms with E-state index in [1.807, 2.05) is 87.7 Å². The minimum absolute atomic E-state index is 0.103. The molecule has 0 N–H and O–H groups in total. The lowest BCUT2D eigenvalue weighted by Crippen LogP contribution is -2.41. The van der Waals surface area contributed by atoms with Gasteiger partial charge in [-0.15, -0.1) is 11.6 Å². The minimum atomic E-state index is -0.492. The molecule has 1 aliphatic rings. The van der Waals surface area contributed by atoms with Gasteiger partial charge in [0.25, 0.3) is 0 Å². The molecule has 4 rings (SSSR count). The first-order valence-corrected chi connectivity index (χ1v) is 13.0. The summed E-state index contributed by atoms with van der Waals surface area (Å²) in [6.45, 7) is 12.7. The lowest BCUT2D eigenvalue weighted by molar-refractivity contribution is 0.00578. The molecule has 0 radical (unpaired) electrons.